The van der Waals surface area contributed by atoms with E-state index in [0.29, 0.717) is 11.9 Å². The highest BCUT2D eigenvalue weighted by molar-refractivity contribution is 7.13. The van der Waals surface area contributed by atoms with Gasteiger partial charge in [-0.05, 0) is 38.8 Å². The minimum absolute atomic E-state index is 0.226. The standard InChI is InChI=1S/C20H25N5S.HNO3/c1-13(2)16-12-17(14-8-6-7-9-15(14)22-16)23-18(25-20(3,4)5)24-19-21-10-11-26-19;2-1(3)4/h6-13H,1-5H3,(H2,21,22,23,24,25);(H,2,3,4). The number of nitrogens with zero attached hydrogens (tertiary/aromatic N) is 4. The van der Waals surface area contributed by atoms with Crippen LogP contribution in [0.2, 0.25) is 0 Å². The van der Waals surface area contributed by atoms with Crippen molar-refractivity contribution in [2.24, 2.45) is 4.99 Å². The van der Waals surface area contributed by atoms with Gasteiger partial charge in [-0.2, -0.15) is 0 Å². The van der Waals surface area contributed by atoms with Gasteiger partial charge in [0.15, 0.2) is 5.13 Å². The molecule has 0 saturated carbocycles. The zero-order valence-corrected chi connectivity index (χ0v) is 18.4. The molecular weight excluding hydrogens is 404 g/mol. The van der Waals surface area contributed by atoms with E-state index in [9.17, 15) is 0 Å². The van der Waals surface area contributed by atoms with Crippen LogP contribution in [0.1, 0.15) is 46.2 Å². The molecular formula is C20H26N6O3S. The van der Waals surface area contributed by atoms with Crippen molar-refractivity contribution in [1.29, 1.82) is 0 Å². The normalized spacial score (nSPS) is 11.7. The lowest BCUT2D eigenvalue weighted by Crippen LogP contribution is -2.27. The van der Waals surface area contributed by atoms with Crippen molar-refractivity contribution in [1.82, 2.24) is 9.97 Å². The molecule has 0 spiro atoms. The van der Waals surface area contributed by atoms with Crippen LogP contribution in [0.5, 0.6) is 0 Å². The van der Waals surface area contributed by atoms with Crippen molar-refractivity contribution in [3.05, 3.63) is 57.7 Å². The zero-order chi connectivity index (χ0) is 22.3. The van der Waals surface area contributed by atoms with Crippen LogP contribution in [0, 0.1) is 10.1 Å². The van der Waals surface area contributed by atoms with Gasteiger partial charge in [0.05, 0.1) is 16.7 Å². The molecule has 0 radical (unpaired) electrons. The second-order valence-electron chi connectivity index (χ2n) is 7.72. The van der Waals surface area contributed by atoms with E-state index in [2.05, 4.69) is 62.4 Å². The van der Waals surface area contributed by atoms with Crippen LogP contribution in [0.15, 0.2) is 46.9 Å². The summed E-state index contributed by atoms with van der Waals surface area (Å²) in [6.07, 6.45) is 1.78. The molecule has 0 bridgehead atoms. The van der Waals surface area contributed by atoms with E-state index >= 15 is 0 Å². The fourth-order valence-electron chi connectivity index (χ4n) is 2.53. The van der Waals surface area contributed by atoms with Gasteiger partial charge in [-0.1, -0.05) is 32.0 Å². The van der Waals surface area contributed by atoms with Crippen molar-refractivity contribution < 1.29 is 10.3 Å². The van der Waals surface area contributed by atoms with Crippen LogP contribution in [0.4, 0.5) is 10.8 Å². The average molecular weight is 431 g/mol. The molecule has 0 aliphatic heterocycles. The second-order valence-corrected chi connectivity index (χ2v) is 8.62. The maximum atomic E-state index is 8.36. The summed E-state index contributed by atoms with van der Waals surface area (Å²) in [7, 11) is 0. The SMILES string of the molecule is CC(C)c1cc(NC(=NC(C)(C)C)Nc2nccs2)c2ccccc2n1.O=[N+]([O-])O. The number of para-hydroxylation sites is 1. The first-order valence-corrected chi connectivity index (χ1v) is 10.2. The molecule has 2 aromatic heterocycles. The molecule has 160 valence electrons. The summed E-state index contributed by atoms with van der Waals surface area (Å²) in [6, 6.07) is 10.3. The minimum atomic E-state index is -1.50. The molecule has 3 N–H and O–H groups in total. The summed E-state index contributed by atoms with van der Waals surface area (Å²) in [6.45, 7) is 10.5. The number of guanidine groups is 1. The Morgan fingerprint density at radius 3 is 2.50 bits per heavy atom. The Labute approximate surface area is 179 Å². The summed E-state index contributed by atoms with van der Waals surface area (Å²) in [4.78, 5) is 22.3. The number of aromatic nitrogens is 2. The van der Waals surface area contributed by atoms with Crippen molar-refractivity contribution in [3.8, 4) is 0 Å². The van der Waals surface area contributed by atoms with E-state index in [4.69, 9.17) is 25.3 Å². The van der Waals surface area contributed by atoms with Gasteiger partial charge in [-0.15, -0.1) is 21.5 Å². The quantitative estimate of drug-likeness (QED) is 0.227. The van der Waals surface area contributed by atoms with Gasteiger partial charge in [0.25, 0.3) is 5.09 Å². The molecule has 30 heavy (non-hydrogen) atoms. The summed E-state index contributed by atoms with van der Waals surface area (Å²) in [5.74, 6) is 1.02. The molecule has 2 heterocycles. The molecule has 0 unspecified atom stereocenters. The molecule has 0 atom stereocenters. The highest BCUT2D eigenvalue weighted by atomic mass is 32.1. The Bertz CT molecular complexity index is 1010. The predicted octanol–water partition coefficient (Wildman–Crippen LogP) is 5.15. The third kappa shape index (κ3) is 7.28. The van der Waals surface area contributed by atoms with Crippen LogP contribution in [-0.4, -0.2) is 31.8 Å². The largest absolute Gasteiger partial charge is 0.328 e. The highest BCUT2D eigenvalue weighted by Gasteiger charge is 2.14. The van der Waals surface area contributed by atoms with Gasteiger partial charge in [0.2, 0.25) is 5.96 Å². The number of hydrogen-bond acceptors (Lipinski definition) is 6. The first-order valence-electron chi connectivity index (χ1n) is 9.31. The van der Waals surface area contributed by atoms with Gasteiger partial charge in [-0.3, -0.25) is 4.98 Å². The third-order valence-electron chi connectivity index (χ3n) is 3.69. The Kier molecular flexibility index (Phi) is 7.65. The molecule has 0 amide bonds. The lowest BCUT2D eigenvalue weighted by Gasteiger charge is -2.19. The van der Waals surface area contributed by atoms with Crippen LogP contribution < -0.4 is 10.6 Å². The smallest absolute Gasteiger partial charge is 0.291 e. The van der Waals surface area contributed by atoms with Crippen LogP contribution >= 0.6 is 11.3 Å². The molecule has 3 rings (SSSR count). The first-order chi connectivity index (χ1) is 14.0. The number of anilines is 2. The van der Waals surface area contributed by atoms with E-state index in [0.717, 1.165) is 27.4 Å². The Morgan fingerprint density at radius 1 is 1.27 bits per heavy atom. The van der Waals surface area contributed by atoms with Crippen LogP contribution in [-0.2, 0) is 0 Å². The lowest BCUT2D eigenvalue weighted by molar-refractivity contribution is -0.742. The van der Waals surface area contributed by atoms with Gasteiger partial charge in [-0.25, -0.2) is 9.98 Å². The lowest BCUT2D eigenvalue weighted by atomic mass is 10.1. The van der Waals surface area contributed by atoms with Crippen molar-refractivity contribution in [2.75, 3.05) is 10.6 Å². The maximum absolute atomic E-state index is 8.36. The predicted molar refractivity (Wildman–Crippen MR) is 121 cm³/mol. The number of nitrogens with one attached hydrogen (secondary N) is 2. The molecule has 0 saturated heterocycles. The van der Waals surface area contributed by atoms with E-state index < -0.39 is 5.09 Å². The van der Waals surface area contributed by atoms with Crippen molar-refractivity contribution in [3.63, 3.8) is 0 Å². The molecule has 3 aromatic rings. The number of thiazole rings is 1. The van der Waals surface area contributed by atoms with E-state index in [1.54, 1.807) is 17.5 Å². The monoisotopic (exact) mass is 430 g/mol. The number of rotatable bonds is 3. The van der Waals surface area contributed by atoms with E-state index in [1.165, 1.54) is 0 Å². The summed E-state index contributed by atoms with van der Waals surface area (Å²) < 4.78 is 0. The van der Waals surface area contributed by atoms with Gasteiger partial charge in [0, 0.05) is 22.7 Å². The number of hydrogen-bond donors (Lipinski definition) is 3. The molecule has 9 nitrogen and oxygen atoms in total. The Morgan fingerprint density at radius 2 is 1.93 bits per heavy atom. The van der Waals surface area contributed by atoms with Gasteiger partial charge >= 0.3 is 0 Å². The maximum Gasteiger partial charge on any atom is 0.291 e. The molecule has 0 fully saturated rings. The third-order valence-corrected chi connectivity index (χ3v) is 4.37. The molecule has 1 aromatic carbocycles. The summed E-state index contributed by atoms with van der Waals surface area (Å²) >= 11 is 1.54. The molecule has 10 heteroatoms. The summed E-state index contributed by atoms with van der Waals surface area (Å²) in [5, 5.41) is 24.2. The van der Waals surface area contributed by atoms with Crippen LogP contribution in [0.25, 0.3) is 10.9 Å². The van der Waals surface area contributed by atoms with Crippen molar-refractivity contribution in [2.45, 2.75) is 46.1 Å². The molecule has 0 aliphatic carbocycles. The number of pyridine rings is 1. The number of benzene rings is 1. The number of aliphatic imine (C=N–C) groups is 1. The van der Waals surface area contributed by atoms with Crippen molar-refractivity contribution >= 4 is 39.0 Å². The van der Waals surface area contributed by atoms with Crippen LogP contribution in [0.3, 0.4) is 0 Å². The topological polar surface area (TPSA) is 126 Å². The zero-order valence-electron chi connectivity index (χ0n) is 17.6. The Hall–Kier alpha value is -3.27. The Balaban J connectivity index is 0.000000735. The fraction of sp³-hybridized carbons (Fsp3) is 0.350. The minimum Gasteiger partial charge on any atom is -0.328 e. The highest BCUT2D eigenvalue weighted by Crippen LogP contribution is 2.27. The fourth-order valence-corrected chi connectivity index (χ4v) is 3.06. The molecule has 0 aliphatic rings. The number of fused-ring (bicyclic) bond motifs is 1. The van der Waals surface area contributed by atoms with E-state index in [-0.39, 0.29) is 5.54 Å². The second kappa shape index (κ2) is 9.97. The first kappa shape index (κ1) is 23.0. The van der Waals surface area contributed by atoms with E-state index in [1.807, 2.05) is 23.6 Å². The summed E-state index contributed by atoms with van der Waals surface area (Å²) in [5.41, 5.74) is 2.79. The average Bonchev–Trinajstić information content (AvgIpc) is 3.12. The van der Waals surface area contributed by atoms with Gasteiger partial charge in [0.1, 0.15) is 0 Å². The van der Waals surface area contributed by atoms with Gasteiger partial charge < -0.3 is 15.8 Å².